The number of hydrogen-bond donors (Lipinski definition) is 0. The van der Waals surface area contributed by atoms with E-state index in [-0.39, 0.29) is 12.0 Å². The lowest BCUT2D eigenvalue weighted by molar-refractivity contribution is 0.0230. The quantitative estimate of drug-likeness (QED) is 0.147. The third-order valence-corrected chi connectivity index (χ3v) is 7.67. The van der Waals surface area contributed by atoms with Crippen LogP contribution < -0.4 is 0 Å². The Morgan fingerprint density at radius 2 is 1.84 bits per heavy atom. The third kappa shape index (κ3) is 10.1. The van der Waals surface area contributed by atoms with Crippen molar-refractivity contribution in [3.05, 3.63) is 107 Å². The van der Waals surface area contributed by atoms with Gasteiger partial charge in [-0.1, -0.05) is 70.0 Å². The number of aliphatic imine (C=N–C) groups is 1. The first kappa shape index (κ1) is 35.3. The Labute approximate surface area is 260 Å². The summed E-state index contributed by atoms with van der Waals surface area (Å²) in [7, 11) is 1.83. The number of allylic oxidation sites excluding steroid dienone is 13. The molecule has 2 rings (SSSR count). The average Bonchev–Trinajstić information content (AvgIpc) is 3.64. The molecule has 3 atom stereocenters. The molecule has 0 saturated heterocycles. The minimum atomic E-state index is -0.531. The van der Waals surface area contributed by atoms with E-state index in [0.717, 1.165) is 52.8 Å². The monoisotopic (exact) mass is 581 g/mol. The fraction of sp³-hybridized carbons (Fsp3) is 0.447. The summed E-state index contributed by atoms with van der Waals surface area (Å²) in [6, 6.07) is 2.20. The van der Waals surface area contributed by atoms with Gasteiger partial charge in [-0.2, -0.15) is 5.26 Å². The SMILES string of the molecule is C=C/C=C(C#N)\C=C(/C=C)C(=C)\C=C(C(/C(C)=N\C)=C(C(=C)C)\C1=C/[C@@H](C)CN(C(=O)OC(C)(C)C)CCC1)\C1CC1C. The summed E-state index contributed by atoms with van der Waals surface area (Å²) in [6.45, 7) is 32.0. The molecule has 0 radical (unpaired) electrons. The van der Waals surface area contributed by atoms with Crippen molar-refractivity contribution in [1.29, 1.82) is 5.26 Å². The maximum atomic E-state index is 12.9. The summed E-state index contributed by atoms with van der Waals surface area (Å²) in [6.07, 6.45) is 13.7. The van der Waals surface area contributed by atoms with E-state index in [4.69, 9.17) is 4.74 Å². The van der Waals surface area contributed by atoms with E-state index in [1.54, 1.807) is 24.3 Å². The molecule has 0 aromatic rings. The van der Waals surface area contributed by atoms with Crippen molar-refractivity contribution in [1.82, 2.24) is 4.90 Å². The highest BCUT2D eigenvalue weighted by molar-refractivity contribution is 6.04. The molecule has 0 bridgehead atoms. The van der Waals surface area contributed by atoms with Crippen LogP contribution in [0.25, 0.3) is 0 Å². The average molecular weight is 582 g/mol. The van der Waals surface area contributed by atoms with Gasteiger partial charge in [-0.15, -0.1) is 0 Å². The second-order valence-electron chi connectivity index (χ2n) is 12.8. The van der Waals surface area contributed by atoms with Gasteiger partial charge in [-0.25, -0.2) is 4.79 Å². The van der Waals surface area contributed by atoms with Gasteiger partial charge < -0.3 is 9.64 Å². The number of rotatable bonds is 10. The molecule has 5 nitrogen and oxygen atoms in total. The van der Waals surface area contributed by atoms with Gasteiger partial charge >= 0.3 is 6.09 Å². The Balaban J connectivity index is 2.72. The number of carbonyl (C=O) groups is 1. The zero-order valence-corrected chi connectivity index (χ0v) is 27.7. The normalized spacial score (nSPS) is 23.9. The topological polar surface area (TPSA) is 65.7 Å². The minimum Gasteiger partial charge on any atom is -0.444 e. The molecule has 0 aromatic heterocycles. The highest BCUT2D eigenvalue weighted by atomic mass is 16.6. The van der Waals surface area contributed by atoms with Crippen molar-refractivity contribution in [3.8, 4) is 6.07 Å². The van der Waals surface area contributed by atoms with Gasteiger partial charge in [0.25, 0.3) is 0 Å². The van der Waals surface area contributed by atoms with Crippen LogP contribution in [0.4, 0.5) is 4.79 Å². The van der Waals surface area contributed by atoms with Crippen LogP contribution in [0, 0.1) is 29.1 Å². The lowest BCUT2D eigenvalue weighted by Gasteiger charge is -2.31. The summed E-state index contributed by atoms with van der Waals surface area (Å²) in [4.78, 5) is 19.4. The highest BCUT2D eigenvalue weighted by Crippen LogP contribution is 2.49. The lowest BCUT2D eigenvalue weighted by Crippen LogP contribution is -2.40. The number of amides is 1. The van der Waals surface area contributed by atoms with Gasteiger partial charge in [0.1, 0.15) is 5.60 Å². The predicted molar refractivity (Wildman–Crippen MR) is 182 cm³/mol. The number of nitriles is 1. The van der Waals surface area contributed by atoms with Crippen molar-refractivity contribution in [2.75, 3.05) is 20.1 Å². The summed E-state index contributed by atoms with van der Waals surface area (Å²) >= 11 is 0. The predicted octanol–water partition coefficient (Wildman–Crippen LogP) is 9.43. The molecular formula is C38H51N3O2. The van der Waals surface area contributed by atoms with Crippen molar-refractivity contribution in [3.63, 3.8) is 0 Å². The molecule has 43 heavy (non-hydrogen) atoms. The number of hydrogen-bond acceptors (Lipinski definition) is 4. The molecule has 2 aliphatic rings. The summed E-state index contributed by atoms with van der Waals surface area (Å²) in [5, 5.41) is 9.57. The standard InChI is InChI=1S/C38H51N3O2/c1-13-16-30(23-39)22-31(14-2)27(6)20-34(33-21-28(33)7)36(29(8)40-12)35(25(3)4)32-17-15-18-41(24-26(5)19-32)37(42)43-38(9,10)11/h13-14,16,19-20,22,26,28,33H,1-3,6,15,17-18,21,24H2,4-5,7-12H3/b30-16+,31-22+,32-19-,34-20-,36-35-,40-29-/t26-,28?,33?/m1/s1. The fourth-order valence-corrected chi connectivity index (χ4v) is 5.46. The highest BCUT2D eigenvalue weighted by Gasteiger charge is 2.39. The first-order valence-electron chi connectivity index (χ1n) is 15.2. The van der Waals surface area contributed by atoms with Crippen LogP contribution in [0.2, 0.25) is 0 Å². The van der Waals surface area contributed by atoms with Crippen LogP contribution in [0.5, 0.6) is 0 Å². The number of carbonyl (C=O) groups excluding carboxylic acids is 1. The van der Waals surface area contributed by atoms with E-state index >= 15 is 0 Å². The molecular weight excluding hydrogens is 530 g/mol. The smallest absolute Gasteiger partial charge is 0.410 e. The van der Waals surface area contributed by atoms with Crippen LogP contribution in [0.3, 0.4) is 0 Å². The molecule has 5 heteroatoms. The van der Waals surface area contributed by atoms with Crippen molar-refractivity contribution >= 4 is 11.8 Å². The molecule has 2 unspecified atom stereocenters. The molecule has 0 N–H and O–H groups in total. The summed E-state index contributed by atoms with van der Waals surface area (Å²) in [5.41, 5.74) is 8.06. The zero-order valence-electron chi connectivity index (χ0n) is 27.7. The van der Waals surface area contributed by atoms with Gasteiger partial charge in [0, 0.05) is 31.4 Å². The Bertz CT molecular complexity index is 1360. The van der Waals surface area contributed by atoms with Gasteiger partial charge in [-0.3, -0.25) is 4.99 Å². The van der Waals surface area contributed by atoms with E-state index < -0.39 is 5.60 Å². The molecule has 1 fully saturated rings. The lowest BCUT2D eigenvalue weighted by atomic mass is 9.82. The molecule has 1 saturated carbocycles. The summed E-state index contributed by atoms with van der Waals surface area (Å²) in [5.74, 6) is 1.01. The maximum absolute atomic E-state index is 12.9. The van der Waals surface area contributed by atoms with Crippen molar-refractivity contribution in [2.45, 2.75) is 73.3 Å². The second-order valence-corrected chi connectivity index (χ2v) is 12.8. The first-order valence-corrected chi connectivity index (χ1v) is 15.2. The first-order chi connectivity index (χ1) is 20.2. The molecule has 0 aromatic carbocycles. The van der Waals surface area contributed by atoms with Crippen LogP contribution >= 0.6 is 0 Å². The van der Waals surface area contributed by atoms with Gasteiger partial charge in [-0.05, 0) is 112 Å². The zero-order chi connectivity index (χ0) is 32.5. The van der Waals surface area contributed by atoms with E-state index in [1.165, 1.54) is 11.1 Å². The molecule has 1 heterocycles. The van der Waals surface area contributed by atoms with E-state index in [2.05, 4.69) is 77.2 Å². The number of nitrogens with zero attached hydrogens (tertiary/aromatic N) is 3. The van der Waals surface area contributed by atoms with Crippen molar-refractivity contribution < 1.29 is 9.53 Å². The Hall–Kier alpha value is -3.91. The van der Waals surface area contributed by atoms with Gasteiger partial charge in [0.15, 0.2) is 0 Å². The van der Waals surface area contributed by atoms with Gasteiger partial charge in [0.05, 0.1) is 11.6 Å². The maximum Gasteiger partial charge on any atom is 0.410 e. The largest absolute Gasteiger partial charge is 0.444 e. The molecule has 1 aliphatic heterocycles. The third-order valence-electron chi connectivity index (χ3n) is 7.67. The van der Waals surface area contributed by atoms with Crippen LogP contribution in [0.1, 0.15) is 67.7 Å². The molecule has 230 valence electrons. The second kappa shape index (κ2) is 15.5. The van der Waals surface area contributed by atoms with E-state index in [9.17, 15) is 10.1 Å². The fourth-order valence-electron chi connectivity index (χ4n) is 5.46. The van der Waals surface area contributed by atoms with Crippen LogP contribution in [0.15, 0.2) is 112 Å². The van der Waals surface area contributed by atoms with Gasteiger partial charge in [0.2, 0.25) is 0 Å². The Morgan fingerprint density at radius 1 is 1.19 bits per heavy atom. The van der Waals surface area contributed by atoms with E-state index in [1.807, 2.05) is 32.7 Å². The van der Waals surface area contributed by atoms with Crippen LogP contribution in [-0.4, -0.2) is 42.4 Å². The van der Waals surface area contributed by atoms with Crippen molar-refractivity contribution in [2.24, 2.45) is 22.7 Å². The molecule has 1 aliphatic carbocycles. The van der Waals surface area contributed by atoms with E-state index in [0.29, 0.717) is 30.5 Å². The van der Waals surface area contributed by atoms with Crippen LogP contribution in [-0.2, 0) is 4.74 Å². The Morgan fingerprint density at radius 3 is 2.33 bits per heavy atom. The minimum absolute atomic E-state index is 0.121. The molecule has 0 spiro atoms. The molecule has 1 amide bonds. The summed E-state index contributed by atoms with van der Waals surface area (Å²) < 4.78 is 5.68. The Kier molecular flexibility index (Phi) is 12.7. The number of ether oxygens (including phenoxy) is 1.